The average molecular weight is 526 g/mol. The first-order chi connectivity index (χ1) is 17.9. The van der Waals surface area contributed by atoms with E-state index in [-0.39, 0.29) is 24.2 Å². The number of aromatic nitrogens is 2. The van der Waals surface area contributed by atoms with Crippen LogP contribution in [0.2, 0.25) is 5.02 Å². The van der Waals surface area contributed by atoms with Gasteiger partial charge in [0.15, 0.2) is 0 Å². The topological polar surface area (TPSA) is 102 Å². The largest absolute Gasteiger partial charge is 0.449 e. The summed E-state index contributed by atoms with van der Waals surface area (Å²) in [5.74, 6) is -0.635. The SMILES string of the molecule is CCCOC(=O)N1CCN(C(=O)c2ccc3c(Cl)c4c(nc3c2)CC(c2ncccc2F)CC4)[C@H](N)C1. The molecule has 3 heterocycles. The van der Waals surface area contributed by atoms with Crippen LogP contribution >= 0.6 is 11.6 Å². The summed E-state index contributed by atoms with van der Waals surface area (Å²) in [4.78, 5) is 37.7. The first-order valence-electron chi connectivity index (χ1n) is 12.6. The molecule has 2 aliphatic rings. The number of pyridine rings is 2. The van der Waals surface area contributed by atoms with Crippen LogP contribution in [0, 0.1) is 5.82 Å². The van der Waals surface area contributed by atoms with E-state index in [0.29, 0.717) is 54.3 Å². The molecule has 2 aromatic heterocycles. The number of piperazine rings is 1. The van der Waals surface area contributed by atoms with E-state index in [9.17, 15) is 14.0 Å². The summed E-state index contributed by atoms with van der Waals surface area (Å²) >= 11 is 6.78. The molecular formula is C27H29ClFN5O3. The number of nitrogens with zero attached hydrogens (tertiary/aromatic N) is 4. The molecule has 1 fully saturated rings. The maximum atomic E-state index is 14.4. The van der Waals surface area contributed by atoms with Gasteiger partial charge in [-0.1, -0.05) is 24.6 Å². The molecule has 1 aliphatic carbocycles. The van der Waals surface area contributed by atoms with Crippen molar-refractivity contribution in [2.24, 2.45) is 5.73 Å². The van der Waals surface area contributed by atoms with Crippen molar-refractivity contribution in [3.8, 4) is 0 Å². The average Bonchev–Trinajstić information content (AvgIpc) is 2.91. The van der Waals surface area contributed by atoms with Gasteiger partial charge in [0.05, 0.1) is 35.6 Å². The maximum Gasteiger partial charge on any atom is 0.409 e. The van der Waals surface area contributed by atoms with Gasteiger partial charge in [-0.3, -0.25) is 14.8 Å². The Labute approximate surface area is 219 Å². The lowest BCUT2D eigenvalue weighted by molar-refractivity contribution is 0.0392. The zero-order valence-corrected chi connectivity index (χ0v) is 21.4. The molecule has 2 atom stereocenters. The molecule has 1 aromatic carbocycles. The van der Waals surface area contributed by atoms with Gasteiger partial charge in [-0.2, -0.15) is 0 Å². The molecule has 5 rings (SSSR count). The van der Waals surface area contributed by atoms with Gasteiger partial charge < -0.3 is 20.3 Å². The van der Waals surface area contributed by atoms with Crippen LogP contribution in [0.5, 0.6) is 0 Å². The molecule has 0 bridgehead atoms. The maximum absolute atomic E-state index is 14.4. The van der Waals surface area contributed by atoms with Gasteiger partial charge in [0.2, 0.25) is 0 Å². The molecule has 194 valence electrons. The van der Waals surface area contributed by atoms with Crippen molar-refractivity contribution in [2.45, 2.75) is 44.7 Å². The van der Waals surface area contributed by atoms with Gasteiger partial charge in [0.1, 0.15) is 5.82 Å². The predicted octanol–water partition coefficient (Wildman–Crippen LogP) is 4.28. The fourth-order valence-electron chi connectivity index (χ4n) is 5.13. The van der Waals surface area contributed by atoms with Crippen molar-refractivity contribution < 1.29 is 18.7 Å². The molecule has 0 radical (unpaired) electrons. The number of nitrogens with two attached hydrogens (primary N) is 1. The highest BCUT2D eigenvalue weighted by molar-refractivity contribution is 6.36. The second-order valence-electron chi connectivity index (χ2n) is 9.52. The number of carbonyl (C=O) groups is 2. The lowest BCUT2D eigenvalue weighted by Crippen LogP contribution is -2.60. The van der Waals surface area contributed by atoms with Gasteiger partial charge in [-0.25, -0.2) is 9.18 Å². The number of hydrogen-bond acceptors (Lipinski definition) is 6. The molecule has 10 heteroatoms. The van der Waals surface area contributed by atoms with E-state index >= 15 is 0 Å². The predicted molar refractivity (Wildman–Crippen MR) is 138 cm³/mol. The standard InChI is InChI=1S/C27H29ClFN5O3/c1-2-12-37-27(36)33-10-11-34(23(30)15-33)26(35)17-6-8-19-22(14-17)32-21-13-16(5-7-18(21)24(19)28)25-20(29)4-3-9-31-25/h3-4,6,8-9,14,16,23H,2,5,7,10-13,15,30H2,1H3/t16?,23-/m0/s1. The van der Waals surface area contributed by atoms with E-state index in [2.05, 4.69) is 4.98 Å². The van der Waals surface area contributed by atoms with Crippen LogP contribution in [0.3, 0.4) is 0 Å². The number of benzene rings is 1. The van der Waals surface area contributed by atoms with Crippen molar-refractivity contribution in [1.29, 1.82) is 0 Å². The van der Waals surface area contributed by atoms with Crippen molar-refractivity contribution in [3.05, 3.63) is 69.9 Å². The number of amides is 2. The number of rotatable bonds is 4. The molecule has 0 spiro atoms. The van der Waals surface area contributed by atoms with Gasteiger partial charge in [-0.15, -0.1) is 0 Å². The number of carbonyl (C=O) groups excluding carboxylic acids is 2. The van der Waals surface area contributed by atoms with E-state index < -0.39 is 12.3 Å². The lowest BCUT2D eigenvalue weighted by Gasteiger charge is -2.39. The van der Waals surface area contributed by atoms with Crippen LogP contribution in [0.4, 0.5) is 9.18 Å². The smallest absolute Gasteiger partial charge is 0.409 e. The van der Waals surface area contributed by atoms with E-state index in [4.69, 9.17) is 27.1 Å². The van der Waals surface area contributed by atoms with Crippen LogP contribution in [0.15, 0.2) is 36.5 Å². The number of ether oxygens (including phenoxy) is 1. The molecule has 1 aliphatic heterocycles. The minimum atomic E-state index is -0.653. The van der Waals surface area contributed by atoms with Gasteiger partial charge in [0, 0.05) is 41.8 Å². The Morgan fingerprint density at radius 1 is 1.27 bits per heavy atom. The third-order valence-corrected chi connectivity index (χ3v) is 7.51. The van der Waals surface area contributed by atoms with Crippen molar-refractivity contribution in [2.75, 3.05) is 26.2 Å². The molecule has 2 amide bonds. The Kier molecular flexibility index (Phi) is 7.26. The second kappa shape index (κ2) is 10.6. The molecule has 8 nitrogen and oxygen atoms in total. The van der Waals surface area contributed by atoms with Crippen LogP contribution < -0.4 is 5.73 Å². The Balaban J connectivity index is 1.37. The molecule has 0 saturated carbocycles. The number of fused-ring (bicyclic) bond motifs is 2. The van der Waals surface area contributed by atoms with Gasteiger partial charge in [0.25, 0.3) is 5.91 Å². The van der Waals surface area contributed by atoms with Crippen LogP contribution in [-0.2, 0) is 17.6 Å². The Morgan fingerprint density at radius 3 is 2.86 bits per heavy atom. The third-order valence-electron chi connectivity index (χ3n) is 7.07. The first-order valence-corrected chi connectivity index (χ1v) is 12.9. The highest BCUT2D eigenvalue weighted by atomic mass is 35.5. The van der Waals surface area contributed by atoms with E-state index in [0.717, 1.165) is 29.5 Å². The number of hydrogen-bond donors (Lipinski definition) is 1. The summed E-state index contributed by atoms with van der Waals surface area (Å²) in [7, 11) is 0. The third kappa shape index (κ3) is 4.98. The van der Waals surface area contributed by atoms with Crippen molar-refractivity contribution in [1.82, 2.24) is 19.8 Å². The Morgan fingerprint density at radius 2 is 2.11 bits per heavy atom. The summed E-state index contributed by atoms with van der Waals surface area (Å²) in [6.45, 7) is 3.12. The normalized spacial score (nSPS) is 19.6. The van der Waals surface area contributed by atoms with E-state index in [1.54, 1.807) is 29.3 Å². The highest BCUT2D eigenvalue weighted by Crippen LogP contribution is 2.38. The van der Waals surface area contributed by atoms with Crippen molar-refractivity contribution in [3.63, 3.8) is 0 Å². The minimum Gasteiger partial charge on any atom is -0.449 e. The second-order valence-corrected chi connectivity index (χ2v) is 9.90. The van der Waals surface area contributed by atoms with Gasteiger partial charge >= 0.3 is 6.09 Å². The number of halogens is 2. The molecule has 37 heavy (non-hydrogen) atoms. The Bertz CT molecular complexity index is 1350. The van der Waals surface area contributed by atoms with Gasteiger partial charge in [-0.05, 0) is 55.5 Å². The lowest BCUT2D eigenvalue weighted by atomic mass is 9.84. The quantitative estimate of drug-likeness (QED) is 0.545. The van der Waals surface area contributed by atoms with E-state index in [1.807, 2.05) is 13.0 Å². The summed E-state index contributed by atoms with van der Waals surface area (Å²) in [5, 5.41) is 1.39. The van der Waals surface area contributed by atoms with Crippen LogP contribution in [0.25, 0.3) is 10.9 Å². The van der Waals surface area contributed by atoms with Crippen molar-refractivity contribution >= 4 is 34.5 Å². The molecule has 2 N–H and O–H groups in total. The molecule has 1 unspecified atom stereocenters. The molecule has 3 aromatic rings. The fraction of sp³-hybridized carbons (Fsp3) is 0.407. The zero-order chi connectivity index (χ0) is 26.1. The minimum absolute atomic E-state index is 0.0853. The monoisotopic (exact) mass is 525 g/mol. The summed E-state index contributed by atoms with van der Waals surface area (Å²) in [5.41, 5.74) is 9.53. The van der Waals surface area contributed by atoms with E-state index in [1.165, 1.54) is 11.0 Å². The highest BCUT2D eigenvalue weighted by Gasteiger charge is 2.32. The summed E-state index contributed by atoms with van der Waals surface area (Å²) in [6.07, 6.45) is 3.21. The zero-order valence-electron chi connectivity index (χ0n) is 20.6. The Hall–Kier alpha value is -3.30. The summed E-state index contributed by atoms with van der Waals surface area (Å²) < 4.78 is 19.6. The molecule has 1 saturated heterocycles. The first kappa shape index (κ1) is 25.4. The van der Waals surface area contributed by atoms with Crippen LogP contribution in [-0.4, -0.2) is 64.2 Å². The van der Waals surface area contributed by atoms with Crippen LogP contribution in [0.1, 0.15) is 53.0 Å². The fourth-order valence-corrected chi connectivity index (χ4v) is 5.49. The summed E-state index contributed by atoms with van der Waals surface area (Å²) in [6, 6.07) is 8.28. The molecular weight excluding hydrogens is 497 g/mol.